The normalized spacial score (nSPS) is 27.5. The van der Waals surface area contributed by atoms with Gasteiger partial charge in [-0.1, -0.05) is 11.6 Å². The van der Waals surface area contributed by atoms with Crippen molar-refractivity contribution in [2.45, 2.75) is 17.0 Å². The molecule has 0 spiro atoms. The minimum atomic E-state index is -3.71. The van der Waals surface area contributed by atoms with Gasteiger partial charge >= 0.3 is 0 Å². The molecule has 2 heterocycles. The van der Waals surface area contributed by atoms with Gasteiger partial charge in [-0.2, -0.15) is 4.31 Å². The third-order valence-electron chi connectivity index (χ3n) is 4.80. The molecule has 2 aliphatic heterocycles. The first-order valence-electron chi connectivity index (χ1n) is 8.10. The summed E-state index contributed by atoms with van der Waals surface area (Å²) in [5, 5.41) is 10.2. The van der Waals surface area contributed by atoms with E-state index >= 15 is 0 Å². The van der Waals surface area contributed by atoms with Gasteiger partial charge in [0.1, 0.15) is 5.75 Å². The Morgan fingerprint density at radius 3 is 2.35 bits per heavy atom. The molecule has 0 unspecified atom stereocenters. The summed E-state index contributed by atoms with van der Waals surface area (Å²) in [5.74, 6) is 0.0714. The number of halogens is 1. The Balaban J connectivity index is 1.70. The summed E-state index contributed by atoms with van der Waals surface area (Å²) in [5.41, 5.74) is 0. The van der Waals surface area contributed by atoms with Crippen LogP contribution in [0, 0.1) is 0 Å². The Labute approximate surface area is 158 Å². The average Bonchev–Trinajstić information content (AvgIpc) is 2.87. The number of sulfonamides is 1. The van der Waals surface area contributed by atoms with E-state index in [0.717, 1.165) is 0 Å². The van der Waals surface area contributed by atoms with Crippen molar-refractivity contribution in [3.8, 4) is 5.75 Å². The summed E-state index contributed by atoms with van der Waals surface area (Å²) in [4.78, 5) is 1.93. The van der Waals surface area contributed by atoms with E-state index in [2.05, 4.69) is 0 Å². The number of methoxy groups -OCH3 is 1. The highest BCUT2D eigenvalue weighted by molar-refractivity contribution is 7.91. The lowest BCUT2D eigenvalue weighted by Crippen LogP contribution is -2.54. The maximum atomic E-state index is 12.8. The van der Waals surface area contributed by atoms with Gasteiger partial charge in [0, 0.05) is 26.2 Å². The van der Waals surface area contributed by atoms with Gasteiger partial charge < -0.3 is 9.84 Å². The van der Waals surface area contributed by atoms with Crippen LogP contribution in [0.2, 0.25) is 5.02 Å². The number of aliphatic hydroxyl groups excluding tert-OH is 1. The molecule has 2 atom stereocenters. The molecule has 0 aliphatic carbocycles. The molecule has 11 heteroatoms. The molecule has 1 aromatic carbocycles. The third-order valence-corrected chi connectivity index (χ3v) is 8.69. The van der Waals surface area contributed by atoms with Crippen LogP contribution in [0.4, 0.5) is 0 Å². The second-order valence-electron chi connectivity index (χ2n) is 6.45. The number of nitrogens with zero attached hydrogens (tertiary/aromatic N) is 2. The average molecular weight is 425 g/mol. The highest BCUT2D eigenvalue weighted by Gasteiger charge is 2.41. The summed E-state index contributed by atoms with van der Waals surface area (Å²) >= 11 is 6.03. The molecular formula is C15H21ClN2O6S2. The van der Waals surface area contributed by atoms with Crippen LogP contribution >= 0.6 is 11.6 Å². The van der Waals surface area contributed by atoms with E-state index in [9.17, 15) is 21.9 Å². The van der Waals surface area contributed by atoms with E-state index in [-0.39, 0.29) is 34.5 Å². The lowest BCUT2D eigenvalue weighted by atomic mass is 10.1. The first-order valence-corrected chi connectivity index (χ1v) is 11.7. The highest BCUT2D eigenvalue weighted by Crippen LogP contribution is 2.29. The third kappa shape index (κ3) is 3.85. The van der Waals surface area contributed by atoms with Crippen LogP contribution in [-0.2, 0) is 19.9 Å². The lowest BCUT2D eigenvalue weighted by molar-refractivity contribution is 0.0618. The van der Waals surface area contributed by atoms with Gasteiger partial charge in [-0.3, -0.25) is 4.90 Å². The molecule has 2 aliphatic rings. The maximum Gasteiger partial charge on any atom is 0.243 e. The van der Waals surface area contributed by atoms with Crippen LogP contribution < -0.4 is 4.74 Å². The zero-order valence-corrected chi connectivity index (χ0v) is 16.6. The molecule has 0 radical (unpaired) electrons. The van der Waals surface area contributed by atoms with Crippen molar-refractivity contribution in [1.29, 1.82) is 0 Å². The van der Waals surface area contributed by atoms with Crippen molar-refractivity contribution in [3.63, 3.8) is 0 Å². The fourth-order valence-electron chi connectivity index (χ4n) is 3.39. The second-order valence-corrected chi connectivity index (χ2v) is 10.9. The molecule has 3 rings (SSSR count). The van der Waals surface area contributed by atoms with Crippen LogP contribution in [0.15, 0.2) is 23.1 Å². The van der Waals surface area contributed by atoms with E-state index in [1.54, 1.807) is 0 Å². The summed E-state index contributed by atoms with van der Waals surface area (Å²) < 4.78 is 55.3. The van der Waals surface area contributed by atoms with Crippen molar-refractivity contribution in [3.05, 3.63) is 23.2 Å². The van der Waals surface area contributed by atoms with Crippen molar-refractivity contribution < 1.29 is 26.7 Å². The Morgan fingerprint density at radius 1 is 1.19 bits per heavy atom. The fraction of sp³-hybridized carbons (Fsp3) is 0.600. The molecule has 1 aromatic rings. The first-order chi connectivity index (χ1) is 12.1. The Morgan fingerprint density at radius 2 is 1.85 bits per heavy atom. The van der Waals surface area contributed by atoms with Crippen molar-refractivity contribution in [1.82, 2.24) is 9.21 Å². The van der Waals surface area contributed by atoms with Gasteiger partial charge in [0.15, 0.2) is 9.84 Å². The zero-order valence-electron chi connectivity index (χ0n) is 14.2. The SMILES string of the molecule is COc1ccc(S(=O)(=O)N2CCN([C@@H]3CS(=O)(=O)C[C@H]3O)CC2)cc1Cl. The fourth-order valence-corrected chi connectivity index (χ4v) is 6.99. The highest BCUT2D eigenvalue weighted by atomic mass is 35.5. The number of rotatable bonds is 4. The van der Waals surface area contributed by atoms with E-state index in [1.807, 2.05) is 4.90 Å². The van der Waals surface area contributed by atoms with Gasteiger partial charge in [0.2, 0.25) is 10.0 Å². The van der Waals surface area contributed by atoms with Crippen LogP contribution in [0.1, 0.15) is 0 Å². The predicted molar refractivity (Wildman–Crippen MR) is 96.8 cm³/mol. The lowest BCUT2D eigenvalue weighted by Gasteiger charge is -2.37. The summed E-state index contributed by atoms with van der Waals surface area (Å²) in [6.45, 7) is 1.16. The minimum Gasteiger partial charge on any atom is -0.495 e. The van der Waals surface area contributed by atoms with Gasteiger partial charge in [-0.15, -0.1) is 0 Å². The topological polar surface area (TPSA) is 104 Å². The summed E-state index contributed by atoms with van der Waals surface area (Å²) in [7, 11) is -5.50. The Kier molecular flexibility index (Phi) is 5.53. The van der Waals surface area contributed by atoms with Gasteiger partial charge in [-0.05, 0) is 18.2 Å². The molecular weight excluding hydrogens is 404 g/mol. The number of hydrogen-bond acceptors (Lipinski definition) is 7. The molecule has 26 heavy (non-hydrogen) atoms. The zero-order chi connectivity index (χ0) is 19.1. The maximum absolute atomic E-state index is 12.8. The Hall–Kier alpha value is -0.910. The molecule has 2 saturated heterocycles. The Bertz CT molecular complexity index is 881. The smallest absolute Gasteiger partial charge is 0.243 e. The summed E-state index contributed by atoms with van der Waals surface area (Å²) in [6, 6.07) is 3.83. The molecule has 1 N–H and O–H groups in total. The number of aliphatic hydroxyl groups is 1. The molecule has 0 saturated carbocycles. The quantitative estimate of drug-likeness (QED) is 0.714. The van der Waals surface area contributed by atoms with Crippen LogP contribution in [-0.4, -0.2) is 88.1 Å². The van der Waals surface area contributed by atoms with Gasteiger partial charge in [0.05, 0.1) is 40.7 Å². The largest absolute Gasteiger partial charge is 0.495 e. The van der Waals surface area contributed by atoms with E-state index in [1.165, 1.54) is 29.6 Å². The van der Waals surface area contributed by atoms with Crippen molar-refractivity contribution in [2.24, 2.45) is 0 Å². The van der Waals surface area contributed by atoms with Crippen molar-refractivity contribution in [2.75, 3.05) is 44.8 Å². The van der Waals surface area contributed by atoms with Crippen LogP contribution in [0.5, 0.6) is 5.75 Å². The van der Waals surface area contributed by atoms with Crippen molar-refractivity contribution >= 4 is 31.5 Å². The molecule has 146 valence electrons. The van der Waals surface area contributed by atoms with Gasteiger partial charge in [-0.25, -0.2) is 16.8 Å². The second kappa shape index (κ2) is 7.25. The predicted octanol–water partition coefficient (Wildman–Crippen LogP) is -0.187. The van der Waals surface area contributed by atoms with Crippen LogP contribution in [0.3, 0.4) is 0 Å². The minimum absolute atomic E-state index is 0.0835. The van der Waals surface area contributed by atoms with Gasteiger partial charge in [0.25, 0.3) is 0 Å². The van der Waals surface area contributed by atoms with E-state index < -0.39 is 32.0 Å². The number of ether oxygens (including phenoxy) is 1. The molecule has 8 nitrogen and oxygen atoms in total. The standard InChI is InChI=1S/C15H21ClN2O6S2/c1-24-15-3-2-11(8-12(15)16)26(22,23)18-6-4-17(5-7-18)13-9-25(20,21)10-14(13)19/h2-3,8,13-14,19H,4-7,9-10H2,1H3/t13-,14-/m1/s1. The number of hydrogen-bond donors (Lipinski definition) is 1. The van der Waals surface area contributed by atoms with E-state index in [0.29, 0.717) is 18.8 Å². The van der Waals surface area contributed by atoms with Crippen LogP contribution in [0.25, 0.3) is 0 Å². The molecule has 0 amide bonds. The number of piperazine rings is 1. The molecule has 2 fully saturated rings. The summed E-state index contributed by atoms with van der Waals surface area (Å²) in [6.07, 6.45) is -0.927. The monoisotopic (exact) mass is 424 g/mol. The number of benzene rings is 1. The number of sulfone groups is 1. The van der Waals surface area contributed by atoms with E-state index in [4.69, 9.17) is 16.3 Å². The molecule has 0 aromatic heterocycles. The first kappa shape index (κ1) is 19.8. The molecule has 0 bridgehead atoms.